The normalized spacial score (nSPS) is 12.5. The Bertz CT molecular complexity index is 570. The summed E-state index contributed by atoms with van der Waals surface area (Å²) < 4.78 is 1.13. The maximum Gasteiger partial charge on any atom is 0.0338 e. The molecule has 100 valence electrons. The van der Waals surface area contributed by atoms with Gasteiger partial charge in [-0.05, 0) is 61.1 Å². The molecule has 1 unspecified atom stereocenters. The molecule has 0 aliphatic carbocycles. The summed E-state index contributed by atoms with van der Waals surface area (Å²) in [4.78, 5) is 0. The molecule has 0 spiro atoms. The van der Waals surface area contributed by atoms with E-state index < -0.39 is 0 Å². The summed E-state index contributed by atoms with van der Waals surface area (Å²) in [6, 6.07) is 12.7. The van der Waals surface area contributed by atoms with Crippen LogP contribution in [0.2, 0.25) is 0 Å². The molecule has 0 saturated carbocycles. The first-order valence-electron chi connectivity index (χ1n) is 6.56. The summed E-state index contributed by atoms with van der Waals surface area (Å²) in [7, 11) is 0. The SMILES string of the molecule is Cc1cccc(C)c1CC(N)c1cccc(Br)c1C. The van der Waals surface area contributed by atoms with E-state index >= 15 is 0 Å². The second-order valence-electron chi connectivity index (χ2n) is 5.14. The average Bonchev–Trinajstić information content (AvgIpc) is 2.37. The van der Waals surface area contributed by atoms with E-state index in [1.807, 2.05) is 0 Å². The summed E-state index contributed by atoms with van der Waals surface area (Å²) in [6.45, 7) is 6.43. The third kappa shape index (κ3) is 3.07. The van der Waals surface area contributed by atoms with E-state index in [0.29, 0.717) is 0 Å². The number of hydrogen-bond acceptors (Lipinski definition) is 1. The molecule has 0 aliphatic heterocycles. The van der Waals surface area contributed by atoms with Gasteiger partial charge < -0.3 is 5.73 Å². The van der Waals surface area contributed by atoms with Gasteiger partial charge in [0.15, 0.2) is 0 Å². The fraction of sp³-hybridized carbons (Fsp3) is 0.294. The van der Waals surface area contributed by atoms with Crippen LogP contribution in [0.25, 0.3) is 0 Å². The molecule has 2 aromatic carbocycles. The molecule has 19 heavy (non-hydrogen) atoms. The highest BCUT2D eigenvalue weighted by atomic mass is 79.9. The van der Waals surface area contributed by atoms with E-state index in [2.05, 4.69) is 73.1 Å². The van der Waals surface area contributed by atoms with Gasteiger partial charge >= 0.3 is 0 Å². The van der Waals surface area contributed by atoms with E-state index in [0.717, 1.165) is 10.9 Å². The zero-order valence-corrected chi connectivity index (χ0v) is 13.3. The van der Waals surface area contributed by atoms with Crippen molar-refractivity contribution in [2.75, 3.05) is 0 Å². The van der Waals surface area contributed by atoms with Gasteiger partial charge in [0.05, 0.1) is 0 Å². The zero-order valence-electron chi connectivity index (χ0n) is 11.7. The second kappa shape index (κ2) is 5.89. The Morgan fingerprint density at radius 2 is 1.58 bits per heavy atom. The minimum absolute atomic E-state index is 0.0392. The largest absolute Gasteiger partial charge is 0.324 e. The van der Waals surface area contributed by atoms with Gasteiger partial charge in [-0.3, -0.25) is 0 Å². The lowest BCUT2D eigenvalue weighted by Gasteiger charge is -2.18. The van der Waals surface area contributed by atoms with Crippen molar-refractivity contribution in [2.45, 2.75) is 33.2 Å². The van der Waals surface area contributed by atoms with E-state index in [4.69, 9.17) is 5.73 Å². The molecular weight excluding hydrogens is 298 g/mol. The third-order valence-electron chi connectivity index (χ3n) is 3.78. The number of nitrogens with two attached hydrogens (primary N) is 1. The zero-order chi connectivity index (χ0) is 14.0. The van der Waals surface area contributed by atoms with Gasteiger partial charge in [0.25, 0.3) is 0 Å². The van der Waals surface area contributed by atoms with Crippen molar-refractivity contribution in [1.82, 2.24) is 0 Å². The van der Waals surface area contributed by atoms with Gasteiger partial charge in [-0.2, -0.15) is 0 Å². The molecule has 0 amide bonds. The van der Waals surface area contributed by atoms with Gasteiger partial charge in [-0.25, -0.2) is 0 Å². The molecule has 0 fully saturated rings. The van der Waals surface area contributed by atoms with Crippen LogP contribution in [0.15, 0.2) is 40.9 Å². The summed E-state index contributed by atoms with van der Waals surface area (Å²) in [5.74, 6) is 0. The minimum Gasteiger partial charge on any atom is -0.324 e. The van der Waals surface area contributed by atoms with Crippen LogP contribution in [0.4, 0.5) is 0 Å². The first-order valence-corrected chi connectivity index (χ1v) is 7.35. The van der Waals surface area contributed by atoms with Crippen LogP contribution >= 0.6 is 15.9 Å². The number of halogens is 1. The Morgan fingerprint density at radius 1 is 1.00 bits per heavy atom. The quantitative estimate of drug-likeness (QED) is 0.878. The maximum atomic E-state index is 6.41. The number of hydrogen-bond donors (Lipinski definition) is 1. The maximum absolute atomic E-state index is 6.41. The van der Waals surface area contributed by atoms with E-state index in [-0.39, 0.29) is 6.04 Å². The first kappa shape index (κ1) is 14.3. The monoisotopic (exact) mass is 317 g/mol. The van der Waals surface area contributed by atoms with Gasteiger partial charge in [0.2, 0.25) is 0 Å². The van der Waals surface area contributed by atoms with Crippen LogP contribution < -0.4 is 5.73 Å². The smallest absolute Gasteiger partial charge is 0.0338 e. The third-order valence-corrected chi connectivity index (χ3v) is 4.64. The predicted molar refractivity (Wildman–Crippen MR) is 85.4 cm³/mol. The Labute approximate surface area is 124 Å². The van der Waals surface area contributed by atoms with E-state index in [1.54, 1.807) is 0 Å². The molecule has 0 radical (unpaired) electrons. The molecule has 0 aliphatic rings. The fourth-order valence-corrected chi connectivity index (χ4v) is 2.91. The van der Waals surface area contributed by atoms with Crippen LogP contribution in [0.3, 0.4) is 0 Å². The fourth-order valence-electron chi connectivity index (χ4n) is 2.53. The van der Waals surface area contributed by atoms with Crippen LogP contribution in [-0.2, 0) is 6.42 Å². The van der Waals surface area contributed by atoms with Gasteiger partial charge in [0, 0.05) is 10.5 Å². The number of benzene rings is 2. The number of rotatable bonds is 3. The lowest BCUT2D eigenvalue weighted by Crippen LogP contribution is -2.16. The van der Waals surface area contributed by atoms with Crippen LogP contribution in [0, 0.1) is 20.8 Å². The molecule has 2 aromatic rings. The lowest BCUT2D eigenvalue weighted by atomic mass is 9.92. The van der Waals surface area contributed by atoms with Crippen molar-refractivity contribution >= 4 is 15.9 Å². The highest BCUT2D eigenvalue weighted by Gasteiger charge is 2.13. The Hall–Kier alpha value is -1.12. The summed E-state index contributed by atoms with van der Waals surface area (Å²) in [6.07, 6.45) is 0.885. The Morgan fingerprint density at radius 3 is 2.21 bits per heavy atom. The molecule has 0 bridgehead atoms. The molecule has 0 saturated heterocycles. The van der Waals surface area contributed by atoms with Crippen molar-refractivity contribution in [3.63, 3.8) is 0 Å². The van der Waals surface area contributed by atoms with Crippen LogP contribution in [-0.4, -0.2) is 0 Å². The summed E-state index contributed by atoms with van der Waals surface area (Å²) >= 11 is 3.57. The molecule has 0 heterocycles. The molecule has 0 aromatic heterocycles. The average molecular weight is 318 g/mol. The summed E-state index contributed by atoms with van der Waals surface area (Å²) in [5.41, 5.74) is 12.9. The molecule has 1 nitrogen and oxygen atoms in total. The number of aryl methyl sites for hydroxylation is 2. The Kier molecular flexibility index (Phi) is 4.43. The van der Waals surface area contributed by atoms with E-state index in [1.165, 1.54) is 27.8 Å². The van der Waals surface area contributed by atoms with E-state index in [9.17, 15) is 0 Å². The molecule has 2 rings (SSSR count). The highest BCUT2D eigenvalue weighted by Crippen LogP contribution is 2.27. The lowest BCUT2D eigenvalue weighted by molar-refractivity contribution is 0.710. The minimum atomic E-state index is 0.0392. The van der Waals surface area contributed by atoms with Crippen molar-refractivity contribution in [3.8, 4) is 0 Å². The van der Waals surface area contributed by atoms with Crippen molar-refractivity contribution < 1.29 is 0 Å². The molecule has 1 atom stereocenters. The Balaban J connectivity index is 2.31. The van der Waals surface area contributed by atoms with Crippen molar-refractivity contribution in [1.29, 1.82) is 0 Å². The molecular formula is C17H20BrN. The summed E-state index contributed by atoms with van der Waals surface area (Å²) in [5, 5.41) is 0. The highest BCUT2D eigenvalue weighted by molar-refractivity contribution is 9.10. The second-order valence-corrected chi connectivity index (χ2v) is 5.99. The van der Waals surface area contributed by atoms with Crippen molar-refractivity contribution in [3.05, 3.63) is 68.7 Å². The van der Waals surface area contributed by atoms with Crippen LogP contribution in [0.5, 0.6) is 0 Å². The molecule has 2 N–H and O–H groups in total. The predicted octanol–water partition coefficient (Wildman–Crippen LogP) is 4.62. The van der Waals surface area contributed by atoms with Crippen molar-refractivity contribution in [2.24, 2.45) is 5.73 Å². The van der Waals surface area contributed by atoms with Gasteiger partial charge in [0.1, 0.15) is 0 Å². The van der Waals surface area contributed by atoms with Gasteiger partial charge in [-0.15, -0.1) is 0 Å². The first-order chi connectivity index (χ1) is 9.00. The molecule has 2 heteroatoms. The van der Waals surface area contributed by atoms with Gasteiger partial charge in [-0.1, -0.05) is 46.3 Å². The van der Waals surface area contributed by atoms with Crippen LogP contribution in [0.1, 0.15) is 33.9 Å². The standard InChI is InChI=1S/C17H20BrN/c1-11-6-4-7-12(2)15(11)10-17(19)14-8-5-9-16(18)13(14)3/h4-9,17H,10,19H2,1-3H3. The topological polar surface area (TPSA) is 26.0 Å².